The molecule has 4 atom stereocenters. The summed E-state index contributed by atoms with van der Waals surface area (Å²) in [5.74, 6) is 1.10. The van der Waals surface area contributed by atoms with Gasteiger partial charge in [0.05, 0.1) is 0 Å². The molecule has 0 aromatic heterocycles. The Morgan fingerprint density at radius 3 is 0.663 bits per heavy atom. The maximum absolute atomic E-state index is 4.93. The molecule has 494 valence electrons. The molecule has 95 heavy (non-hydrogen) atoms. The molecule has 0 bridgehead atoms. The molecule has 0 spiro atoms. The molecule has 8 aromatic rings. The Morgan fingerprint density at radius 2 is 0.495 bits per heavy atom. The van der Waals surface area contributed by atoms with Crippen LogP contribution in [0.3, 0.4) is 0 Å². The Bertz CT molecular complexity index is 3710. The Kier molecular flexibility index (Phi) is 24.6. The van der Waals surface area contributed by atoms with Crippen LogP contribution < -0.4 is 20.7 Å². The van der Waals surface area contributed by atoms with Crippen LogP contribution >= 0.6 is 61.9 Å². The summed E-state index contributed by atoms with van der Waals surface area (Å²) in [6, 6.07) is 47.7. The van der Waals surface area contributed by atoms with Crippen molar-refractivity contribution in [1.82, 2.24) is 0 Å². The van der Waals surface area contributed by atoms with Crippen molar-refractivity contribution < 1.29 is 20.8 Å². The average molecular weight is 1540 g/mol. The van der Waals surface area contributed by atoms with Gasteiger partial charge in [0.25, 0.3) is 0 Å². The number of benzene rings is 4. The van der Waals surface area contributed by atoms with E-state index in [-0.39, 0.29) is 23.7 Å². The van der Waals surface area contributed by atoms with Gasteiger partial charge in [-0.05, 0) is 94.5 Å². The third-order valence-corrected chi connectivity index (χ3v) is 39.2. The van der Waals surface area contributed by atoms with Crippen LogP contribution in [-0.2, 0) is 20.8 Å². The third kappa shape index (κ3) is 18.3. The Morgan fingerprint density at radius 1 is 0.316 bits per heavy atom. The molecule has 0 radical (unpaired) electrons. The summed E-state index contributed by atoms with van der Waals surface area (Å²) < 4.78 is 0. The number of aryl methyl sites for hydroxylation is 4. The van der Waals surface area contributed by atoms with Gasteiger partial charge in [-0.3, -0.25) is 0 Å². The first-order valence-electron chi connectivity index (χ1n) is 33.7. The third-order valence-electron chi connectivity index (χ3n) is 18.0. The molecule has 0 nitrogen and oxygen atoms in total. The molecule has 0 saturated heterocycles. The molecule has 0 saturated carbocycles. The number of rotatable bonds is 16. The van der Waals surface area contributed by atoms with Crippen LogP contribution in [0, 0.1) is 27.7 Å². The molecule has 0 fully saturated rings. The minimum absolute atomic E-state index is 0.276. The zero-order valence-corrected chi connectivity index (χ0v) is 72.7. The van der Waals surface area contributed by atoms with Crippen LogP contribution in [-0.4, -0.2) is 46.5 Å². The Hall–Kier alpha value is -3.64. The number of halogens is 2. The molecular formula is C82H96Cl2S4Si6Zr-4. The molecular weight excluding hydrogens is 1440 g/mol. The van der Waals surface area contributed by atoms with Crippen molar-refractivity contribution >= 4 is 153 Å². The van der Waals surface area contributed by atoms with E-state index in [9.17, 15) is 0 Å². The van der Waals surface area contributed by atoms with E-state index in [1.165, 1.54) is 109 Å². The van der Waals surface area contributed by atoms with Crippen LogP contribution in [0.25, 0.3) is 24.3 Å². The van der Waals surface area contributed by atoms with Gasteiger partial charge in [0, 0.05) is 37.2 Å². The number of hydrogen-bond acceptors (Lipinski definition) is 4. The number of hydrogen-bond donors (Lipinski definition) is 0. The fraction of sp³-hybridized carbons (Fsp3) is 0.268. The fourth-order valence-corrected chi connectivity index (χ4v) is 35.3. The quantitative estimate of drug-likeness (QED) is 0.0698. The Labute approximate surface area is 613 Å². The summed E-state index contributed by atoms with van der Waals surface area (Å²) in [6.07, 6.45) is 37.2. The summed E-state index contributed by atoms with van der Waals surface area (Å²) in [5.41, 5.74) is 23.1. The second-order valence-corrected chi connectivity index (χ2v) is 75.7. The molecule has 0 aliphatic heterocycles. The fourth-order valence-electron chi connectivity index (χ4n) is 14.7. The zero-order chi connectivity index (χ0) is 68.3. The van der Waals surface area contributed by atoms with E-state index in [1.807, 2.05) is 0 Å². The first kappa shape index (κ1) is 74.1. The van der Waals surface area contributed by atoms with E-state index in [0.717, 1.165) is 0 Å². The van der Waals surface area contributed by atoms with Gasteiger partial charge < -0.3 is 0 Å². The second-order valence-electron chi connectivity index (χ2n) is 30.0. The summed E-state index contributed by atoms with van der Waals surface area (Å²) in [6.45, 7) is 43.6. The molecule has 0 amide bonds. The Balaban J connectivity index is 0.000000199. The normalized spacial score (nSPS) is 17.9. The van der Waals surface area contributed by atoms with E-state index in [1.54, 1.807) is 20.7 Å². The van der Waals surface area contributed by atoms with Crippen LogP contribution in [0.1, 0.15) is 113 Å². The van der Waals surface area contributed by atoms with Gasteiger partial charge in [-0.15, -0.1) is 91.6 Å². The van der Waals surface area contributed by atoms with Crippen LogP contribution in [0.4, 0.5) is 0 Å². The second kappa shape index (κ2) is 31.5. The molecule has 0 N–H and O–H groups in total. The minimum atomic E-state index is -1.53. The maximum atomic E-state index is 4.93. The molecule has 12 rings (SSSR count). The van der Waals surface area contributed by atoms with Gasteiger partial charge in [-0.1, -0.05) is 216 Å². The first-order valence-corrected chi connectivity index (χ1v) is 64.8. The summed E-state index contributed by atoms with van der Waals surface area (Å²) in [4.78, 5) is 5.59. The van der Waals surface area contributed by atoms with E-state index in [0.29, 0.717) is 0 Å². The molecule has 13 heteroatoms. The first-order chi connectivity index (χ1) is 45.0. The molecule has 8 aromatic carbocycles. The van der Waals surface area contributed by atoms with Crippen molar-refractivity contribution in [2.45, 2.75) is 163 Å². The van der Waals surface area contributed by atoms with Gasteiger partial charge in [0.1, 0.15) is 28.9 Å². The molecule has 4 unspecified atom stereocenters. The molecule has 4 aliphatic rings. The van der Waals surface area contributed by atoms with Gasteiger partial charge >= 0.3 is 37.9 Å². The topological polar surface area (TPSA) is 0 Å². The zero-order valence-electron chi connectivity index (χ0n) is 59.1. The van der Waals surface area contributed by atoms with E-state index in [4.69, 9.17) is 17.0 Å². The molecule has 0 heterocycles. The number of allylic oxidation sites excluding steroid dienone is 12. The van der Waals surface area contributed by atoms with Crippen molar-refractivity contribution in [3.8, 4) is 0 Å². The van der Waals surface area contributed by atoms with Crippen LogP contribution in [0.5, 0.6) is 0 Å². The SMILES string of the molecule is Cc1cc2c([c-]1[SiH](C)[c-]1c(C)cc3c1C=CC=CC3c1ccc(S[Si](C)(C)C)cc1)C=CC=CC2c1ccc(S[Si](C)(C)C)cc1.Cc1cc2c([c-]1[SiH](C)[c-]1c(C)cc3c1C=CC=CC3c1ccc(S[Si](C)(C)C)cc1)C=CC=CC2c1ccc(S[Si](C)(C)C)cc1.[Cl][Zr][Cl]. The van der Waals surface area contributed by atoms with Crippen molar-refractivity contribution in [3.63, 3.8) is 0 Å². The monoisotopic (exact) mass is 1540 g/mol. The number of fused-ring (bicyclic) bond motifs is 4. The predicted octanol–water partition coefficient (Wildman–Crippen LogP) is 23.4. The molecule has 4 aliphatic carbocycles. The summed E-state index contributed by atoms with van der Waals surface area (Å²) >= 11 is 7.47. The van der Waals surface area contributed by atoms with Crippen molar-refractivity contribution in [1.29, 1.82) is 0 Å². The average Bonchev–Trinajstić information content (AvgIpc) is 1.61. The van der Waals surface area contributed by atoms with E-state index in [2.05, 4.69) is 383 Å². The van der Waals surface area contributed by atoms with E-state index < -0.39 is 67.3 Å². The van der Waals surface area contributed by atoms with Crippen molar-refractivity contribution in [2.24, 2.45) is 0 Å². The van der Waals surface area contributed by atoms with Gasteiger partial charge in [-0.2, -0.15) is 114 Å². The van der Waals surface area contributed by atoms with E-state index >= 15 is 0 Å². The summed E-state index contributed by atoms with van der Waals surface area (Å²) in [7, 11) is 1.89. The standard InChI is InChI=1S/2C41H48S2Si3.2ClH.Zr/c2*1-28-26-38-34(30-18-22-32(23-19-30)42-45(4,5)6)14-10-12-16-36(38)40(28)44(3)41-29(2)27-39-35(15-11-13-17-37(39)41)31-20-24-33(25-21-31)43-46(7,8)9;;;/h2*10-27,34-35,44H,1-9H3;2*1H;/q2*-2;;;+2/p-2. The van der Waals surface area contributed by atoms with Crippen molar-refractivity contribution in [3.05, 3.63) is 283 Å². The predicted molar refractivity (Wildman–Crippen MR) is 446 cm³/mol. The van der Waals surface area contributed by atoms with Gasteiger partial charge in [-0.25, -0.2) is 0 Å². The summed E-state index contributed by atoms with van der Waals surface area (Å²) in [5, 5.41) is 6.43. The van der Waals surface area contributed by atoms with Crippen molar-refractivity contribution in [2.75, 3.05) is 0 Å². The van der Waals surface area contributed by atoms with Crippen LogP contribution in [0.2, 0.25) is 91.7 Å². The van der Waals surface area contributed by atoms with Gasteiger partial charge in [0.2, 0.25) is 0 Å². The van der Waals surface area contributed by atoms with Crippen LogP contribution in [0.15, 0.2) is 214 Å². The van der Waals surface area contributed by atoms with Gasteiger partial charge in [0.15, 0.2) is 0 Å².